The molecule has 32 heavy (non-hydrogen) atoms. The lowest BCUT2D eigenvalue weighted by Gasteiger charge is -2.47. The van der Waals surface area contributed by atoms with Gasteiger partial charge in [-0.05, 0) is 25.1 Å². The van der Waals surface area contributed by atoms with E-state index in [1.165, 1.54) is 34.5 Å². The molecular weight excluding hydrogens is 413 g/mol. The van der Waals surface area contributed by atoms with E-state index in [1.807, 2.05) is 17.9 Å². The van der Waals surface area contributed by atoms with E-state index < -0.39 is 17.4 Å². The van der Waals surface area contributed by atoms with E-state index in [2.05, 4.69) is 15.1 Å². The second-order valence-electron chi connectivity index (χ2n) is 7.89. The molecule has 0 unspecified atom stereocenters. The van der Waals surface area contributed by atoms with E-state index in [-0.39, 0.29) is 23.2 Å². The van der Waals surface area contributed by atoms with Gasteiger partial charge in [-0.3, -0.25) is 14.2 Å². The molecule has 5 rings (SSSR count). The highest BCUT2D eigenvalue weighted by molar-refractivity contribution is 5.98. The van der Waals surface area contributed by atoms with E-state index in [9.17, 15) is 14.0 Å². The Balaban J connectivity index is 1.75. The number of benzene rings is 1. The van der Waals surface area contributed by atoms with Crippen molar-refractivity contribution in [1.29, 1.82) is 0 Å². The summed E-state index contributed by atoms with van der Waals surface area (Å²) in [7, 11) is 0. The lowest BCUT2D eigenvalue weighted by molar-refractivity contribution is 0.101. The highest BCUT2D eigenvalue weighted by atomic mass is 19.1. The fourth-order valence-electron chi connectivity index (χ4n) is 4.22. The molecule has 4 aromatic rings. The van der Waals surface area contributed by atoms with Crippen LogP contribution in [-0.2, 0) is 0 Å². The number of hydrogen-bond acceptors (Lipinski definition) is 7. The lowest BCUT2D eigenvalue weighted by Crippen LogP contribution is -2.52. The Morgan fingerprint density at radius 2 is 1.97 bits per heavy atom. The molecule has 1 aliphatic heterocycles. The van der Waals surface area contributed by atoms with Crippen LogP contribution in [0.5, 0.6) is 0 Å². The molecule has 0 bridgehead atoms. The second-order valence-corrected chi connectivity index (χ2v) is 7.89. The first-order valence-corrected chi connectivity index (χ1v) is 10.1. The number of ketones is 1. The molecule has 1 aromatic carbocycles. The third-order valence-electron chi connectivity index (χ3n) is 5.74. The van der Waals surface area contributed by atoms with Gasteiger partial charge in [0.25, 0.3) is 5.56 Å². The maximum atomic E-state index is 14.4. The number of aromatic nitrogens is 5. The quantitative estimate of drug-likeness (QED) is 0.492. The van der Waals surface area contributed by atoms with Gasteiger partial charge >= 0.3 is 0 Å². The summed E-state index contributed by atoms with van der Waals surface area (Å²) >= 11 is 0. The summed E-state index contributed by atoms with van der Waals surface area (Å²) in [6.07, 6.45) is 2.82. The molecule has 2 N–H and O–H groups in total. The Labute approximate surface area is 181 Å². The summed E-state index contributed by atoms with van der Waals surface area (Å²) in [6, 6.07) is 9.77. The number of Topliss-reactive ketones (excluding diaryl/α,β-unsaturated/α-hetero) is 1. The van der Waals surface area contributed by atoms with Crippen LogP contribution in [-0.4, -0.2) is 36.5 Å². The zero-order valence-electron chi connectivity index (χ0n) is 17.4. The molecule has 0 radical (unpaired) electrons. The summed E-state index contributed by atoms with van der Waals surface area (Å²) in [6.45, 7) is 4.02. The van der Waals surface area contributed by atoms with Crippen LogP contribution in [0.4, 0.5) is 16.2 Å². The maximum Gasteiger partial charge on any atom is 0.285 e. The van der Waals surface area contributed by atoms with Crippen molar-refractivity contribution >= 4 is 23.1 Å². The molecule has 2 atom stereocenters. The largest absolute Gasteiger partial charge is 0.368 e. The molecule has 1 aliphatic rings. The summed E-state index contributed by atoms with van der Waals surface area (Å²) in [5.41, 5.74) is 6.06. The number of para-hydroxylation sites is 1. The number of fused-ring (bicyclic) bond motifs is 1. The number of carbonyl (C=O) groups excluding carboxylic acids is 1. The van der Waals surface area contributed by atoms with Gasteiger partial charge in [-0.2, -0.15) is 10.1 Å². The van der Waals surface area contributed by atoms with Crippen LogP contribution in [0.25, 0.3) is 11.2 Å². The summed E-state index contributed by atoms with van der Waals surface area (Å²) in [5, 5.41) is 4.62. The van der Waals surface area contributed by atoms with Crippen LogP contribution in [0.2, 0.25) is 0 Å². The summed E-state index contributed by atoms with van der Waals surface area (Å²) in [4.78, 5) is 35.7. The lowest BCUT2D eigenvalue weighted by atomic mass is 9.88. The Hall–Kier alpha value is -4.08. The normalized spacial score (nSPS) is 18.0. The van der Waals surface area contributed by atoms with Crippen molar-refractivity contribution in [1.82, 2.24) is 24.1 Å². The van der Waals surface area contributed by atoms with Crippen LogP contribution in [0.1, 0.15) is 36.1 Å². The average Bonchev–Trinajstić information content (AvgIpc) is 3.13. The Morgan fingerprint density at radius 3 is 2.66 bits per heavy atom. The van der Waals surface area contributed by atoms with Crippen molar-refractivity contribution in [3.63, 3.8) is 0 Å². The highest BCUT2D eigenvalue weighted by Gasteiger charge is 2.43. The van der Waals surface area contributed by atoms with Gasteiger partial charge in [0.1, 0.15) is 5.82 Å². The molecule has 1 saturated heterocycles. The Kier molecular flexibility index (Phi) is 4.50. The Bertz CT molecular complexity index is 1410. The molecule has 10 heteroatoms. The van der Waals surface area contributed by atoms with Gasteiger partial charge in [-0.15, -0.1) is 0 Å². The van der Waals surface area contributed by atoms with E-state index in [1.54, 1.807) is 24.3 Å². The van der Waals surface area contributed by atoms with Gasteiger partial charge in [0.05, 0.1) is 17.3 Å². The first-order chi connectivity index (χ1) is 15.4. The van der Waals surface area contributed by atoms with Crippen LogP contribution < -0.4 is 16.2 Å². The number of carbonyl (C=O) groups is 1. The number of hydrogen-bond donors (Lipinski definition) is 1. The van der Waals surface area contributed by atoms with E-state index in [4.69, 9.17) is 5.73 Å². The first-order valence-electron chi connectivity index (χ1n) is 10.1. The van der Waals surface area contributed by atoms with Crippen LogP contribution in [0.3, 0.4) is 0 Å². The third-order valence-corrected chi connectivity index (χ3v) is 5.74. The third kappa shape index (κ3) is 2.95. The van der Waals surface area contributed by atoms with Crippen molar-refractivity contribution in [2.75, 3.05) is 17.2 Å². The van der Waals surface area contributed by atoms with Crippen LogP contribution in [0.15, 0.2) is 53.6 Å². The van der Waals surface area contributed by atoms with Crippen molar-refractivity contribution in [2.45, 2.75) is 19.9 Å². The zero-order chi connectivity index (χ0) is 22.6. The molecular formula is C22H20FN7O2. The topological polar surface area (TPSA) is 111 Å². The number of rotatable bonds is 4. The smallest absolute Gasteiger partial charge is 0.285 e. The van der Waals surface area contributed by atoms with Crippen molar-refractivity contribution in [3.8, 4) is 5.69 Å². The molecule has 3 aromatic heterocycles. The fourth-order valence-corrected chi connectivity index (χ4v) is 4.22. The monoisotopic (exact) mass is 433 g/mol. The van der Waals surface area contributed by atoms with Gasteiger partial charge in [0.2, 0.25) is 5.95 Å². The number of nitrogen functional groups attached to an aromatic ring is 1. The van der Waals surface area contributed by atoms with Crippen molar-refractivity contribution < 1.29 is 9.18 Å². The second kappa shape index (κ2) is 7.26. The molecule has 1 fully saturated rings. The molecule has 0 aliphatic carbocycles. The van der Waals surface area contributed by atoms with E-state index >= 15 is 0 Å². The number of nitrogens with two attached hydrogens (primary N) is 1. The van der Waals surface area contributed by atoms with Gasteiger partial charge < -0.3 is 10.6 Å². The SMILES string of the molecule is CC(=O)c1cnc(N)nc1N1C[C@H](C)[C@H]1c1nn2ccc(F)c2c(=O)n1-c1ccccc1. The van der Waals surface area contributed by atoms with Gasteiger partial charge in [0.15, 0.2) is 22.9 Å². The van der Waals surface area contributed by atoms with Gasteiger partial charge in [0, 0.05) is 24.9 Å². The first kappa shape index (κ1) is 19.9. The Morgan fingerprint density at radius 1 is 1.22 bits per heavy atom. The number of anilines is 2. The number of nitrogens with zero attached hydrogens (tertiary/aromatic N) is 6. The average molecular weight is 433 g/mol. The van der Waals surface area contributed by atoms with Crippen LogP contribution in [0, 0.1) is 11.7 Å². The van der Waals surface area contributed by atoms with Gasteiger partial charge in [-0.25, -0.2) is 13.9 Å². The fraction of sp³-hybridized carbons (Fsp3) is 0.227. The number of halogens is 1. The molecule has 9 nitrogen and oxygen atoms in total. The molecule has 0 saturated carbocycles. The zero-order valence-corrected chi connectivity index (χ0v) is 17.4. The van der Waals surface area contributed by atoms with Gasteiger partial charge in [-0.1, -0.05) is 25.1 Å². The van der Waals surface area contributed by atoms with E-state index in [0.717, 1.165) is 0 Å². The molecule has 0 spiro atoms. The van der Waals surface area contributed by atoms with Crippen molar-refractivity contribution in [2.24, 2.45) is 5.92 Å². The summed E-state index contributed by atoms with van der Waals surface area (Å²) < 4.78 is 17.1. The molecule has 0 amide bonds. The molecule has 4 heterocycles. The van der Waals surface area contributed by atoms with E-state index in [0.29, 0.717) is 29.4 Å². The minimum Gasteiger partial charge on any atom is -0.368 e. The molecule has 162 valence electrons. The predicted molar refractivity (Wildman–Crippen MR) is 116 cm³/mol. The van der Waals surface area contributed by atoms with Crippen LogP contribution >= 0.6 is 0 Å². The standard InChI is InChI=1S/C22H20FN7O2/c1-12-11-28(19-15(13(2)31)10-25-22(24)26-19)17(12)20-27-29-9-8-16(23)18(29)21(32)30(20)14-6-4-3-5-7-14/h3-10,12,17H,11H2,1-2H3,(H2,24,25,26)/t12-,17-/m0/s1. The minimum absolute atomic E-state index is 0.0413. The van der Waals surface area contributed by atoms with Crippen molar-refractivity contribution in [3.05, 3.63) is 76.4 Å². The highest BCUT2D eigenvalue weighted by Crippen LogP contribution is 2.42. The predicted octanol–water partition coefficient (Wildman–Crippen LogP) is 2.40. The summed E-state index contributed by atoms with van der Waals surface area (Å²) in [5.74, 6) is 0.0789. The maximum absolute atomic E-state index is 14.4. The minimum atomic E-state index is -0.639.